The molecule has 0 bridgehead atoms. The molecule has 1 fully saturated rings. The number of ether oxygens (including phenoxy) is 1. The van der Waals surface area contributed by atoms with Gasteiger partial charge >= 0.3 is 0 Å². The van der Waals surface area contributed by atoms with E-state index in [1.54, 1.807) is 19.1 Å². The molecular weight excluding hydrogens is 234 g/mol. The van der Waals surface area contributed by atoms with Crippen LogP contribution in [0.15, 0.2) is 24.3 Å². The van der Waals surface area contributed by atoms with E-state index in [0.29, 0.717) is 13.0 Å². The average molecular weight is 251 g/mol. The number of amides is 1. The lowest BCUT2D eigenvalue weighted by atomic mass is 9.96. The Morgan fingerprint density at radius 1 is 1.56 bits per heavy atom. The fourth-order valence-corrected chi connectivity index (χ4v) is 2.00. The molecule has 98 valence electrons. The number of aliphatic hydroxyl groups is 1. The topological polar surface area (TPSA) is 78.8 Å². The third-order valence-corrected chi connectivity index (χ3v) is 3.36. The van der Waals surface area contributed by atoms with Crippen LogP contribution in [0.2, 0.25) is 0 Å². The first-order chi connectivity index (χ1) is 8.53. The summed E-state index contributed by atoms with van der Waals surface area (Å²) in [5.41, 5.74) is -0.826. The van der Waals surface area contributed by atoms with Crippen molar-refractivity contribution in [1.29, 1.82) is 0 Å². The van der Waals surface area contributed by atoms with Crippen LogP contribution >= 0.6 is 0 Å². The number of benzene rings is 1. The Labute approximate surface area is 105 Å². The number of aromatic hydroxyl groups is 1. The van der Waals surface area contributed by atoms with Crippen molar-refractivity contribution >= 4 is 5.91 Å². The molecule has 5 nitrogen and oxygen atoms in total. The minimum Gasteiger partial charge on any atom is -0.507 e. The molecule has 0 saturated carbocycles. The third kappa shape index (κ3) is 2.47. The highest BCUT2D eigenvalue weighted by atomic mass is 16.5. The minimum atomic E-state index is -1.03. The zero-order chi connectivity index (χ0) is 13.2. The maximum absolute atomic E-state index is 11.8. The zero-order valence-electron chi connectivity index (χ0n) is 10.2. The number of para-hydroxylation sites is 1. The number of nitrogens with one attached hydrogen (secondary N) is 1. The summed E-state index contributed by atoms with van der Waals surface area (Å²) in [5, 5.41) is 22.4. The molecule has 2 atom stereocenters. The summed E-state index contributed by atoms with van der Waals surface area (Å²) in [6, 6.07) is 6.30. The van der Waals surface area contributed by atoms with E-state index >= 15 is 0 Å². The summed E-state index contributed by atoms with van der Waals surface area (Å²) >= 11 is 0. The lowest BCUT2D eigenvalue weighted by Gasteiger charge is -2.26. The first kappa shape index (κ1) is 12.9. The molecule has 1 aliphatic rings. The summed E-state index contributed by atoms with van der Waals surface area (Å²) in [4.78, 5) is 11.8. The van der Waals surface area contributed by atoms with Gasteiger partial charge in [-0.1, -0.05) is 12.1 Å². The maximum Gasteiger partial charge on any atom is 0.255 e. The van der Waals surface area contributed by atoms with Gasteiger partial charge in [0.15, 0.2) is 0 Å². The van der Waals surface area contributed by atoms with Gasteiger partial charge in [-0.05, 0) is 19.1 Å². The molecule has 1 saturated heterocycles. The van der Waals surface area contributed by atoms with Gasteiger partial charge in [0.1, 0.15) is 11.4 Å². The van der Waals surface area contributed by atoms with Crippen LogP contribution in [0.25, 0.3) is 0 Å². The largest absolute Gasteiger partial charge is 0.507 e. The fourth-order valence-electron chi connectivity index (χ4n) is 2.00. The Bertz CT molecular complexity index is 448. The third-order valence-electron chi connectivity index (χ3n) is 3.36. The van der Waals surface area contributed by atoms with Crippen LogP contribution in [-0.4, -0.2) is 41.0 Å². The standard InChI is InChI=1S/C13H17NO4/c1-9-13(17,6-7-18-9)8-14-12(16)10-4-2-3-5-11(10)15/h2-5,9,15,17H,6-8H2,1H3,(H,14,16). The van der Waals surface area contributed by atoms with Crippen molar-refractivity contribution in [3.05, 3.63) is 29.8 Å². The number of rotatable bonds is 3. The first-order valence-electron chi connectivity index (χ1n) is 5.93. The Morgan fingerprint density at radius 3 is 2.89 bits per heavy atom. The minimum absolute atomic E-state index is 0.0716. The van der Waals surface area contributed by atoms with Gasteiger partial charge in [-0.2, -0.15) is 0 Å². The Kier molecular flexibility index (Phi) is 3.54. The quantitative estimate of drug-likeness (QED) is 0.737. The maximum atomic E-state index is 11.8. The number of carbonyl (C=O) groups excluding carboxylic acids is 1. The van der Waals surface area contributed by atoms with Crippen molar-refractivity contribution < 1.29 is 19.7 Å². The van der Waals surface area contributed by atoms with Crippen molar-refractivity contribution in [3.63, 3.8) is 0 Å². The van der Waals surface area contributed by atoms with Crippen molar-refractivity contribution in [2.24, 2.45) is 0 Å². The number of hydrogen-bond donors (Lipinski definition) is 3. The lowest BCUT2D eigenvalue weighted by Crippen LogP contribution is -2.47. The van der Waals surface area contributed by atoms with Crippen LogP contribution in [0.3, 0.4) is 0 Å². The van der Waals surface area contributed by atoms with Crippen LogP contribution in [0.4, 0.5) is 0 Å². The normalized spacial score (nSPS) is 27.1. The zero-order valence-corrected chi connectivity index (χ0v) is 10.2. The van der Waals surface area contributed by atoms with Crippen molar-refractivity contribution in [3.8, 4) is 5.75 Å². The second kappa shape index (κ2) is 4.96. The molecule has 5 heteroatoms. The summed E-state index contributed by atoms with van der Waals surface area (Å²) in [7, 11) is 0. The molecule has 0 spiro atoms. The molecule has 0 radical (unpaired) electrons. The summed E-state index contributed by atoms with van der Waals surface area (Å²) in [6.07, 6.45) is 0.192. The van der Waals surface area contributed by atoms with E-state index in [1.807, 2.05) is 0 Å². The van der Waals surface area contributed by atoms with E-state index in [9.17, 15) is 15.0 Å². The summed E-state index contributed by atoms with van der Waals surface area (Å²) in [5.74, 6) is -0.474. The smallest absolute Gasteiger partial charge is 0.255 e. The van der Waals surface area contributed by atoms with Gasteiger partial charge in [0.05, 0.1) is 11.7 Å². The fraction of sp³-hybridized carbons (Fsp3) is 0.462. The van der Waals surface area contributed by atoms with Crippen LogP contribution in [0, 0.1) is 0 Å². The SMILES string of the molecule is CC1OCCC1(O)CNC(=O)c1ccccc1O. The molecule has 3 N–H and O–H groups in total. The van der Waals surface area contributed by atoms with Gasteiger partial charge in [0.2, 0.25) is 0 Å². The second-order valence-electron chi connectivity index (χ2n) is 4.57. The number of carbonyl (C=O) groups is 1. The van der Waals surface area contributed by atoms with Gasteiger partial charge in [-0.25, -0.2) is 0 Å². The average Bonchev–Trinajstić information content (AvgIpc) is 2.68. The van der Waals surface area contributed by atoms with Crippen LogP contribution in [0.5, 0.6) is 5.75 Å². The monoisotopic (exact) mass is 251 g/mol. The number of hydrogen-bond acceptors (Lipinski definition) is 4. The van der Waals surface area contributed by atoms with Gasteiger partial charge in [-0.15, -0.1) is 0 Å². The second-order valence-corrected chi connectivity index (χ2v) is 4.57. The van der Waals surface area contributed by atoms with Gasteiger partial charge in [0, 0.05) is 19.6 Å². The highest BCUT2D eigenvalue weighted by Gasteiger charge is 2.39. The van der Waals surface area contributed by atoms with Crippen molar-refractivity contribution in [2.45, 2.75) is 25.0 Å². The molecule has 1 aliphatic heterocycles. The first-order valence-corrected chi connectivity index (χ1v) is 5.93. The van der Waals surface area contributed by atoms with E-state index in [4.69, 9.17) is 4.74 Å². The van der Waals surface area contributed by atoms with Gasteiger partial charge in [0.25, 0.3) is 5.91 Å². The Morgan fingerprint density at radius 2 is 2.28 bits per heavy atom. The predicted octanol–water partition coefficient (Wildman–Crippen LogP) is 0.662. The molecule has 1 aromatic carbocycles. The van der Waals surface area contributed by atoms with Gasteiger partial charge < -0.3 is 20.3 Å². The number of phenols is 1. The predicted molar refractivity (Wildman–Crippen MR) is 65.4 cm³/mol. The summed E-state index contributed by atoms with van der Waals surface area (Å²) in [6.45, 7) is 2.38. The molecule has 0 aliphatic carbocycles. The van der Waals surface area contributed by atoms with E-state index in [-0.39, 0.29) is 24.0 Å². The Balaban J connectivity index is 1.99. The van der Waals surface area contributed by atoms with E-state index in [2.05, 4.69) is 5.32 Å². The molecular formula is C13H17NO4. The molecule has 1 heterocycles. The molecule has 1 amide bonds. The van der Waals surface area contributed by atoms with Crippen LogP contribution < -0.4 is 5.32 Å². The van der Waals surface area contributed by atoms with E-state index in [1.165, 1.54) is 12.1 Å². The van der Waals surface area contributed by atoms with E-state index in [0.717, 1.165) is 0 Å². The Hall–Kier alpha value is -1.59. The molecule has 2 rings (SSSR count). The van der Waals surface area contributed by atoms with E-state index < -0.39 is 11.5 Å². The molecule has 2 unspecified atom stereocenters. The van der Waals surface area contributed by atoms with Gasteiger partial charge in [-0.3, -0.25) is 4.79 Å². The highest BCUT2D eigenvalue weighted by Crippen LogP contribution is 2.25. The molecule has 18 heavy (non-hydrogen) atoms. The van der Waals surface area contributed by atoms with Crippen molar-refractivity contribution in [1.82, 2.24) is 5.32 Å². The summed E-state index contributed by atoms with van der Waals surface area (Å²) < 4.78 is 5.28. The molecule has 0 aromatic heterocycles. The highest BCUT2D eigenvalue weighted by molar-refractivity contribution is 5.96. The number of phenolic OH excluding ortho intramolecular Hbond substituents is 1. The lowest BCUT2D eigenvalue weighted by molar-refractivity contribution is -0.0251. The van der Waals surface area contributed by atoms with Crippen LogP contribution in [0.1, 0.15) is 23.7 Å². The van der Waals surface area contributed by atoms with Crippen molar-refractivity contribution in [2.75, 3.05) is 13.2 Å². The molecule has 1 aromatic rings. The van der Waals surface area contributed by atoms with Crippen LogP contribution in [-0.2, 0) is 4.74 Å².